The average molecular weight is 673 g/mol. The van der Waals surface area contributed by atoms with Crippen LogP contribution in [0.25, 0.3) is 0 Å². The number of nitro groups is 1. The number of methoxy groups -OCH3 is 1. The highest BCUT2D eigenvalue weighted by molar-refractivity contribution is 5.91. The highest BCUT2D eigenvalue weighted by Gasteiger charge is 2.37. The number of carbonyl (C=O) groups is 3. The molecule has 1 N–H and O–H groups in total. The second kappa shape index (κ2) is 14.9. The number of amides is 1. The fraction of sp³-hybridized carbons (Fsp3) is 0.314. The predicted octanol–water partition coefficient (Wildman–Crippen LogP) is 6.43. The van der Waals surface area contributed by atoms with Crippen molar-refractivity contribution in [2.75, 3.05) is 19.0 Å². The Morgan fingerprint density at radius 2 is 1.67 bits per heavy atom. The molecule has 4 aromatic rings. The summed E-state index contributed by atoms with van der Waals surface area (Å²) in [4.78, 5) is 47.7. The van der Waals surface area contributed by atoms with Crippen LogP contribution in [0.1, 0.15) is 61.1 Å². The number of benzene rings is 3. The van der Waals surface area contributed by atoms with Crippen LogP contribution in [0.15, 0.2) is 72.8 Å². The van der Waals surface area contributed by atoms with Crippen molar-refractivity contribution in [3.05, 3.63) is 99.7 Å². The molecule has 1 saturated carbocycles. The molecule has 5 rings (SSSR count). The lowest BCUT2D eigenvalue weighted by atomic mass is 9.80. The maximum Gasteiger partial charge on any atom is 0.514 e. The summed E-state index contributed by atoms with van der Waals surface area (Å²) in [6.45, 7) is 5.64. The number of aldehydes is 1. The molecule has 0 aliphatic heterocycles. The number of nitro benzene ring substituents is 1. The molecule has 1 heterocycles. The second-order valence-electron chi connectivity index (χ2n) is 12.3. The summed E-state index contributed by atoms with van der Waals surface area (Å²) in [5.41, 5.74) is 1.16. The summed E-state index contributed by atoms with van der Waals surface area (Å²) >= 11 is 0. The number of ether oxygens (including phenoxy) is 5. The van der Waals surface area contributed by atoms with Crippen molar-refractivity contribution in [2.24, 2.45) is 0 Å². The van der Waals surface area contributed by atoms with Crippen LogP contribution < -0.4 is 24.3 Å². The van der Waals surface area contributed by atoms with E-state index in [2.05, 4.69) is 5.32 Å². The zero-order valence-electron chi connectivity index (χ0n) is 27.4. The van der Waals surface area contributed by atoms with Crippen molar-refractivity contribution in [1.82, 2.24) is 9.78 Å². The van der Waals surface area contributed by atoms with Gasteiger partial charge in [-0.3, -0.25) is 19.7 Å². The van der Waals surface area contributed by atoms with E-state index in [-0.39, 0.29) is 41.0 Å². The fourth-order valence-electron chi connectivity index (χ4n) is 5.10. The Morgan fingerprint density at radius 3 is 2.29 bits per heavy atom. The van der Waals surface area contributed by atoms with Crippen LogP contribution in [-0.4, -0.2) is 52.9 Å². The third kappa shape index (κ3) is 8.71. The van der Waals surface area contributed by atoms with E-state index in [4.69, 9.17) is 28.8 Å². The van der Waals surface area contributed by atoms with Gasteiger partial charge in [-0.15, -0.1) is 0 Å². The van der Waals surface area contributed by atoms with Crippen molar-refractivity contribution in [2.45, 2.75) is 57.8 Å². The number of aromatic nitrogens is 2. The Morgan fingerprint density at radius 1 is 1.00 bits per heavy atom. The van der Waals surface area contributed by atoms with Gasteiger partial charge in [0, 0.05) is 36.2 Å². The molecule has 1 aliphatic rings. The number of nitrogens with zero attached hydrogens (tertiary/aromatic N) is 3. The van der Waals surface area contributed by atoms with Gasteiger partial charge in [0.15, 0.2) is 12.9 Å². The van der Waals surface area contributed by atoms with Crippen LogP contribution >= 0.6 is 0 Å². The van der Waals surface area contributed by atoms with Crippen molar-refractivity contribution >= 4 is 29.9 Å². The van der Waals surface area contributed by atoms with Gasteiger partial charge in [-0.2, -0.15) is 5.10 Å². The first-order chi connectivity index (χ1) is 23.4. The average Bonchev–Trinajstić information content (AvgIpc) is 3.48. The lowest BCUT2D eigenvalue weighted by Gasteiger charge is -2.33. The Bertz CT molecular complexity index is 1810. The van der Waals surface area contributed by atoms with Crippen molar-refractivity contribution in [1.29, 1.82) is 0 Å². The minimum atomic E-state index is -0.908. The normalized spacial score (nSPS) is 15.3. The summed E-state index contributed by atoms with van der Waals surface area (Å²) in [5, 5.41) is 18.4. The topological polar surface area (TPSA) is 170 Å². The van der Waals surface area contributed by atoms with Gasteiger partial charge in [0.25, 0.3) is 11.6 Å². The van der Waals surface area contributed by atoms with Crippen LogP contribution in [0, 0.1) is 10.1 Å². The molecule has 14 heteroatoms. The molecule has 256 valence electrons. The van der Waals surface area contributed by atoms with Crippen LogP contribution in [0.3, 0.4) is 0 Å². The van der Waals surface area contributed by atoms with E-state index in [1.807, 2.05) is 51.1 Å². The highest BCUT2D eigenvalue weighted by Crippen LogP contribution is 2.40. The number of carbonyl (C=O) groups excluding carboxylic acids is 3. The smallest absolute Gasteiger partial charge is 0.496 e. The monoisotopic (exact) mass is 672 g/mol. The molecule has 49 heavy (non-hydrogen) atoms. The molecule has 0 radical (unpaired) electrons. The summed E-state index contributed by atoms with van der Waals surface area (Å²) in [6.07, 6.45) is 0.282. The summed E-state index contributed by atoms with van der Waals surface area (Å²) < 4.78 is 29.3. The summed E-state index contributed by atoms with van der Waals surface area (Å²) in [5.74, 6) is 0.844. The minimum absolute atomic E-state index is 0.0334. The highest BCUT2D eigenvalue weighted by atomic mass is 16.7. The summed E-state index contributed by atoms with van der Waals surface area (Å²) in [6, 6.07) is 19.4. The van der Waals surface area contributed by atoms with E-state index in [0.29, 0.717) is 36.4 Å². The second-order valence-corrected chi connectivity index (χ2v) is 12.3. The van der Waals surface area contributed by atoms with E-state index in [9.17, 15) is 24.5 Å². The maximum atomic E-state index is 13.1. The first-order valence-corrected chi connectivity index (χ1v) is 15.4. The molecule has 0 spiro atoms. The first-order valence-electron chi connectivity index (χ1n) is 15.4. The van der Waals surface area contributed by atoms with Gasteiger partial charge in [-0.1, -0.05) is 30.3 Å². The fourth-order valence-corrected chi connectivity index (χ4v) is 5.10. The molecule has 0 saturated heterocycles. The standard InChI is InChI=1S/C35H36N4O10/c1-35(2,3)38-32(18-29(37-38)23-14-27(15-23)49-34(42)48-25-12-10-24(11-13-25)39(43)44)36-33(41)21-47-31-17-26(45-4)16-30(28(31)19-40)46-20-22-8-6-5-7-9-22/h5-13,16-19,23,27H,14-15,20-21H2,1-4H3,(H,36,41). The SMILES string of the molecule is COc1cc(OCC(=O)Nc2cc(C3CC(OC(=O)Oc4ccc([N+](=O)[O-])cc4)C3)nn2C(C)(C)C)c(C=O)c(OCc2ccccc2)c1. The van der Waals surface area contributed by atoms with E-state index in [0.717, 1.165) is 5.56 Å². The Hall–Kier alpha value is -5.92. The number of hydrogen-bond acceptors (Lipinski definition) is 11. The van der Waals surface area contributed by atoms with Crippen LogP contribution in [0.4, 0.5) is 16.3 Å². The molecule has 1 amide bonds. The number of non-ortho nitro benzene ring substituents is 1. The molecule has 1 aliphatic carbocycles. The number of hydrogen-bond donors (Lipinski definition) is 1. The maximum absolute atomic E-state index is 13.1. The largest absolute Gasteiger partial charge is 0.514 e. The Labute approximate surface area is 282 Å². The first kappa shape index (κ1) is 34.4. The van der Waals surface area contributed by atoms with Crippen molar-refractivity contribution in [3.8, 4) is 23.0 Å². The quantitative estimate of drug-likeness (QED) is 0.0546. The van der Waals surface area contributed by atoms with E-state index < -0.39 is 35.2 Å². The van der Waals surface area contributed by atoms with Gasteiger partial charge in [0.1, 0.15) is 41.5 Å². The zero-order chi connectivity index (χ0) is 35.1. The molecular formula is C35H36N4O10. The molecule has 1 fully saturated rings. The lowest BCUT2D eigenvalue weighted by molar-refractivity contribution is -0.384. The van der Waals surface area contributed by atoms with E-state index >= 15 is 0 Å². The minimum Gasteiger partial charge on any atom is -0.496 e. The number of anilines is 1. The van der Waals surface area contributed by atoms with Crippen LogP contribution in [0.5, 0.6) is 23.0 Å². The van der Waals surface area contributed by atoms with Gasteiger partial charge < -0.3 is 29.0 Å². The van der Waals surface area contributed by atoms with Crippen LogP contribution in [0.2, 0.25) is 0 Å². The van der Waals surface area contributed by atoms with E-state index in [1.165, 1.54) is 37.4 Å². The van der Waals surface area contributed by atoms with Gasteiger partial charge in [0.2, 0.25) is 0 Å². The third-order valence-corrected chi connectivity index (χ3v) is 7.68. The molecule has 14 nitrogen and oxygen atoms in total. The van der Waals surface area contributed by atoms with Crippen LogP contribution in [-0.2, 0) is 21.7 Å². The zero-order valence-corrected chi connectivity index (χ0v) is 27.4. The van der Waals surface area contributed by atoms with Crippen molar-refractivity contribution in [3.63, 3.8) is 0 Å². The molecule has 0 bridgehead atoms. The Kier molecular flexibility index (Phi) is 10.5. The number of nitrogens with one attached hydrogen (secondary N) is 1. The molecule has 0 unspecified atom stereocenters. The van der Waals surface area contributed by atoms with Gasteiger partial charge in [-0.05, 0) is 51.3 Å². The Balaban J connectivity index is 1.19. The third-order valence-electron chi connectivity index (χ3n) is 7.68. The van der Waals surface area contributed by atoms with E-state index in [1.54, 1.807) is 16.8 Å². The van der Waals surface area contributed by atoms with Gasteiger partial charge in [0.05, 0.1) is 28.8 Å². The van der Waals surface area contributed by atoms with Gasteiger partial charge >= 0.3 is 6.16 Å². The number of rotatable bonds is 13. The lowest BCUT2D eigenvalue weighted by Crippen LogP contribution is -2.33. The molecule has 3 aromatic carbocycles. The molecule has 1 aromatic heterocycles. The summed E-state index contributed by atoms with van der Waals surface area (Å²) in [7, 11) is 1.47. The molecule has 0 atom stereocenters. The van der Waals surface area contributed by atoms with Gasteiger partial charge in [-0.25, -0.2) is 9.48 Å². The van der Waals surface area contributed by atoms with Crippen molar-refractivity contribution < 1.29 is 43.0 Å². The predicted molar refractivity (Wildman–Crippen MR) is 176 cm³/mol. The molecular weight excluding hydrogens is 636 g/mol.